The first kappa shape index (κ1) is 20.9. The van der Waals surface area contributed by atoms with E-state index in [-0.39, 0.29) is 30.7 Å². The molecule has 29 heavy (non-hydrogen) atoms. The predicted molar refractivity (Wildman–Crippen MR) is 106 cm³/mol. The lowest BCUT2D eigenvalue weighted by molar-refractivity contribution is -0.122. The first-order valence-electron chi connectivity index (χ1n) is 9.71. The van der Waals surface area contributed by atoms with Gasteiger partial charge in [0.2, 0.25) is 5.91 Å². The molecule has 1 saturated heterocycles. The Kier molecular flexibility index (Phi) is 6.93. The summed E-state index contributed by atoms with van der Waals surface area (Å²) in [5.74, 6) is -1.06. The van der Waals surface area contributed by atoms with E-state index in [0.29, 0.717) is 42.9 Å². The van der Waals surface area contributed by atoms with Gasteiger partial charge in [0.25, 0.3) is 5.91 Å². The third-order valence-electron chi connectivity index (χ3n) is 5.04. The number of nitrogens with one attached hydrogen (secondary N) is 1. The maximum atomic E-state index is 13.6. The van der Waals surface area contributed by atoms with Crippen molar-refractivity contribution in [2.75, 3.05) is 32.7 Å². The Balaban J connectivity index is 1.48. The number of carbonyl (C=O) groups excluding carboxylic acids is 2. The molecule has 0 radical (unpaired) electrons. The van der Waals surface area contributed by atoms with Gasteiger partial charge in [-0.05, 0) is 48.7 Å². The molecular formula is C22H25F2N3O2. The maximum Gasteiger partial charge on any atom is 0.254 e. The van der Waals surface area contributed by atoms with E-state index in [1.54, 1.807) is 30.0 Å². The Labute approximate surface area is 169 Å². The van der Waals surface area contributed by atoms with Crippen LogP contribution in [0.15, 0.2) is 42.5 Å². The van der Waals surface area contributed by atoms with Gasteiger partial charge in [-0.15, -0.1) is 0 Å². The van der Waals surface area contributed by atoms with Crippen molar-refractivity contribution < 1.29 is 18.4 Å². The lowest BCUT2D eigenvalue weighted by atomic mass is 10.1. The molecular weight excluding hydrogens is 376 g/mol. The fourth-order valence-electron chi connectivity index (χ4n) is 3.34. The van der Waals surface area contributed by atoms with E-state index in [4.69, 9.17) is 0 Å². The van der Waals surface area contributed by atoms with E-state index in [2.05, 4.69) is 5.32 Å². The molecule has 1 heterocycles. The van der Waals surface area contributed by atoms with E-state index < -0.39 is 5.82 Å². The molecule has 0 unspecified atom stereocenters. The van der Waals surface area contributed by atoms with Gasteiger partial charge in [-0.25, -0.2) is 8.78 Å². The highest BCUT2D eigenvalue weighted by Crippen LogP contribution is 2.11. The van der Waals surface area contributed by atoms with Crippen molar-refractivity contribution in [3.63, 3.8) is 0 Å². The number of amides is 2. The highest BCUT2D eigenvalue weighted by atomic mass is 19.1. The summed E-state index contributed by atoms with van der Waals surface area (Å²) in [5, 5.41) is 2.81. The van der Waals surface area contributed by atoms with E-state index >= 15 is 0 Å². The number of hydrogen-bond donors (Lipinski definition) is 1. The van der Waals surface area contributed by atoms with E-state index in [9.17, 15) is 18.4 Å². The summed E-state index contributed by atoms with van der Waals surface area (Å²) in [4.78, 5) is 28.5. The topological polar surface area (TPSA) is 52.7 Å². The van der Waals surface area contributed by atoms with Gasteiger partial charge in [0.15, 0.2) is 0 Å². The number of hydrogen-bond acceptors (Lipinski definition) is 3. The van der Waals surface area contributed by atoms with E-state index in [0.717, 1.165) is 6.42 Å². The van der Waals surface area contributed by atoms with Crippen LogP contribution in [0.5, 0.6) is 0 Å². The lowest BCUT2D eigenvalue weighted by Crippen LogP contribution is -2.39. The molecule has 0 saturated carbocycles. The Morgan fingerprint density at radius 1 is 1.03 bits per heavy atom. The monoisotopic (exact) mass is 401 g/mol. The summed E-state index contributed by atoms with van der Waals surface area (Å²) < 4.78 is 27.0. The molecule has 1 N–H and O–H groups in total. The molecule has 1 aliphatic heterocycles. The van der Waals surface area contributed by atoms with Crippen LogP contribution in [-0.4, -0.2) is 54.3 Å². The minimum atomic E-state index is -0.433. The van der Waals surface area contributed by atoms with Gasteiger partial charge in [-0.2, -0.15) is 0 Å². The fraction of sp³-hybridized carbons (Fsp3) is 0.364. The van der Waals surface area contributed by atoms with Crippen LogP contribution in [0.1, 0.15) is 27.9 Å². The molecule has 2 aromatic carbocycles. The van der Waals surface area contributed by atoms with Crippen LogP contribution in [-0.2, 0) is 11.3 Å². The molecule has 5 nitrogen and oxygen atoms in total. The van der Waals surface area contributed by atoms with Gasteiger partial charge < -0.3 is 10.2 Å². The number of aryl methyl sites for hydroxylation is 1. The highest BCUT2D eigenvalue weighted by Gasteiger charge is 2.21. The van der Waals surface area contributed by atoms with Crippen molar-refractivity contribution >= 4 is 11.8 Å². The Hall–Kier alpha value is -2.80. The normalized spacial score (nSPS) is 15.1. The van der Waals surface area contributed by atoms with Gasteiger partial charge in [0.1, 0.15) is 11.6 Å². The average molecular weight is 401 g/mol. The summed E-state index contributed by atoms with van der Waals surface area (Å²) in [6, 6.07) is 10.6. The minimum Gasteiger partial charge on any atom is -0.351 e. The van der Waals surface area contributed by atoms with Crippen LogP contribution in [0.25, 0.3) is 0 Å². The van der Waals surface area contributed by atoms with Gasteiger partial charge >= 0.3 is 0 Å². The molecule has 2 amide bonds. The lowest BCUT2D eigenvalue weighted by Gasteiger charge is -2.22. The Morgan fingerprint density at radius 2 is 1.86 bits per heavy atom. The number of carbonyl (C=O) groups is 2. The van der Waals surface area contributed by atoms with Gasteiger partial charge in [-0.1, -0.05) is 18.2 Å². The molecule has 0 aromatic heterocycles. The molecule has 0 aliphatic carbocycles. The van der Waals surface area contributed by atoms with Crippen LogP contribution >= 0.6 is 0 Å². The first-order valence-corrected chi connectivity index (χ1v) is 9.71. The third-order valence-corrected chi connectivity index (χ3v) is 5.04. The molecule has 1 fully saturated rings. The quantitative estimate of drug-likeness (QED) is 0.838. The van der Waals surface area contributed by atoms with Crippen molar-refractivity contribution in [1.29, 1.82) is 0 Å². The summed E-state index contributed by atoms with van der Waals surface area (Å²) in [5.41, 5.74) is 1.62. The number of halogens is 2. The van der Waals surface area contributed by atoms with Gasteiger partial charge in [0.05, 0.1) is 6.54 Å². The van der Waals surface area contributed by atoms with E-state index in [1.165, 1.54) is 24.3 Å². The average Bonchev–Trinajstić information content (AvgIpc) is 2.94. The fourth-order valence-corrected chi connectivity index (χ4v) is 3.34. The van der Waals surface area contributed by atoms with Gasteiger partial charge in [0, 0.05) is 38.3 Å². The minimum absolute atomic E-state index is 0.143. The molecule has 154 valence electrons. The standard InChI is InChI=1S/C22H25F2N3O2/c1-16-6-7-17(12-20(16)24)14-25-21(28)15-26-8-3-9-27(11-10-26)22(29)18-4-2-5-19(23)13-18/h2,4-7,12-13H,3,8-11,14-15H2,1H3,(H,25,28). The highest BCUT2D eigenvalue weighted by molar-refractivity contribution is 5.94. The zero-order valence-electron chi connectivity index (χ0n) is 16.5. The Bertz CT molecular complexity index is 888. The molecule has 7 heteroatoms. The predicted octanol–water partition coefficient (Wildman–Crippen LogP) is 2.74. The molecule has 3 rings (SSSR count). The zero-order valence-corrected chi connectivity index (χ0v) is 16.5. The Morgan fingerprint density at radius 3 is 2.62 bits per heavy atom. The second kappa shape index (κ2) is 9.60. The maximum absolute atomic E-state index is 13.6. The van der Waals surface area contributed by atoms with Crippen LogP contribution in [0.2, 0.25) is 0 Å². The zero-order chi connectivity index (χ0) is 20.8. The summed E-state index contributed by atoms with van der Waals surface area (Å²) in [6.45, 7) is 4.48. The van der Waals surface area contributed by atoms with Crippen molar-refractivity contribution in [1.82, 2.24) is 15.1 Å². The molecule has 2 aromatic rings. The molecule has 0 bridgehead atoms. The first-order chi connectivity index (χ1) is 13.9. The molecule has 0 atom stereocenters. The SMILES string of the molecule is Cc1ccc(CNC(=O)CN2CCCN(C(=O)c3cccc(F)c3)CC2)cc1F. The largest absolute Gasteiger partial charge is 0.351 e. The number of nitrogens with zero attached hydrogens (tertiary/aromatic N) is 2. The van der Waals surface area contributed by atoms with Crippen LogP contribution in [0.4, 0.5) is 8.78 Å². The van der Waals surface area contributed by atoms with E-state index in [1.807, 2.05) is 4.90 Å². The molecule has 0 spiro atoms. The van der Waals surface area contributed by atoms with Crippen molar-refractivity contribution in [3.05, 3.63) is 70.8 Å². The van der Waals surface area contributed by atoms with Crippen molar-refractivity contribution in [3.8, 4) is 0 Å². The molecule has 1 aliphatic rings. The number of benzene rings is 2. The summed E-state index contributed by atoms with van der Waals surface area (Å²) >= 11 is 0. The summed E-state index contributed by atoms with van der Waals surface area (Å²) in [7, 11) is 0. The van der Waals surface area contributed by atoms with Crippen LogP contribution in [0.3, 0.4) is 0 Å². The van der Waals surface area contributed by atoms with Crippen molar-refractivity contribution in [2.45, 2.75) is 19.9 Å². The van der Waals surface area contributed by atoms with Crippen LogP contribution < -0.4 is 5.32 Å². The van der Waals surface area contributed by atoms with Crippen LogP contribution in [0, 0.1) is 18.6 Å². The second-order valence-electron chi connectivity index (χ2n) is 7.29. The van der Waals surface area contributed by atoms with Crippen molar-refractivity contribution in [2.24, 2.45) is 0 Å². The summed E-state index contributed by atoms with van der Waals surface area (Å²) in [6.07, 6.45) is 0.734. The van der Waals surface area contributed by atoms with Gasteiger partial charge in [-0.3, -0.25) is 14.5 Å². The smallest absolute Gasteiger partial charge is 0.254 e. The third kappa shape index (κ3) is 5.84. The second-order valence-corrected chi connectivity index (χ2v) is 7.29. The number of rotatable bonds is 5.